The summed E-state index contributed by atoms with van der Waals surface area (Å²) in [5.41, 5.74) is 1.62. The molecule has 0 aliphatic heterocycles. The lowest BCUT2D eigenvalue weighted by molar-refractivity contribution is -0.384. The van der Waals surface area contributed by atoms with Crippen molar-refractivity contribution in [3.8, 4) is 11.3 Å². The van der Waals surface area contributed by atoms with Crippen LogP contribution in [-0.2, 0) is 0 Å². The van der Waals surface area contributed by atoms with Crippen LogP contribution in [0.15, 0.2) is 39.5 Å². The highest BCUT2D eigenvalue weighted by molar-refractivity contribution is 5.62. The molecule has 0 N–H and O–H groups in total. The van der Waals surface area contributed by atoms with E-state index in [0.29, 0.717) is 16.9 Å². The second-order valence-electron chi connectivity index (χ2n) is 4.03. The summed E-state index contributed by atoms with van der Waals surface area (Å²) in [6, 6.07) is 7.64. The second kappa shape index (κ2) is 4.44. The zero-order valence-corrected chi connectivity index (χ0v) is 9.97. The minimum Gasteiger partial charge on any atom is -0.422 e. The molecule has 2 rings (SSSR count). The zero-order chi connectivity index (χ0) is 13.3. The van der Waals surface area contributed by atoms with Crippen LogP contribution in [0.3, 0.4) is 0 Å². The molecule has 0 fully saturated rings. The van der Waals surface area contributed by atoms with Crippen molar-refractivity contribution in [3.63, 3.8) is 0 Å². The standard InChI is InChI=1S/C13H11NO4/c1-8-7-9(2)13(15)18-12(8)10-3-5-11(6-4-10)14(16)17/h3-7H,1-2H3. The van der Waals surface area contributed by atoms with E-state index in [9.17, 15) is 14.9 Å². The van der Waals surface area contributed by atoms with Gasteiger partial charge in [0, 0.05) is 23.3 Å². The van der Waals surface area contributed by atoms with E-state index in [0.717, 1.165) is 5.56 Å². The van der Waals surface area contributed by atoms with Crippen molar-refractivity contribution in [2.24, 2.45) is 0 Å². The lowest BCUT2D eigenvalue weighted by Crippen LogP contribution is -2.04. The second-order valence-corrected chi connectivity index (χ2v) is 4.03. The van der Waals surface area contributed by atoms with E-state index in [1.165, 1.54) is 12.1 Å². The van der Waals surface area contributed by atoms with Crippen LogP contribution in [0.4, 0.5) is 5.69 Å². The Morgan fingerprint density at radius 2 is 1.72 bits per heavy atom. The Bertz CT molecular complexity index is 656. The van der Waals surface area contributed by atoms with Crippen LogP contribution in [0.1, 0.15) is 11.1 Å². The molecule has 0 unspecified atom stereocenters. The number of benzene rings is 1. The highest BCUT2D eigenvalue weighted by Crippen LogP contribution is 2.24. The summed E-state index contributed by atoms with van der Waals surface area (Å²) < 4.78 is 5.20. The van der Waals surface area contributed by atoms with E-state index in [2.05, 4.69) is 0 Å². The van der Waals surface area contributed by atoms with Crippen LogP contribution < -0.4 is 5.63 Å². The summed E-state index contributed by atoms with van der Waals surface area (Å²) >= 11 is 0. The molecular formula is C13H11NO4. The first-order valence-corrected chi connectivity index (χ1v) is 5.35. The van der Waals surface area contributed by atoms with Crippen molar-refractivity contribution in [1.29, 1.82) is 0 Å². The maximum absolute atomic E-state index is 11.5. The molecule has 0 bridgehead atoms. The summed E-state index contributed by atoms with van der Waals surface area (Å²) in [4.78, 5) is 21.5. The molecule has 1 aromatic heterocycles. The fourth-order valence-electron chi connectivity index (χ4n) is 1.72. The zero-order valence-electron chi connectivity index (χ0n) is 9.97. The number of non-ortho nitro benzene ring substituents is 1. The number of hydrogen-bond acceptors (Lipinski definition) is 4. The molecule has 0 saturated heterocycles. The minimum absolute atomic E-state index is 0.00543. The van der Waals surface area contributed by atoms with Crippen molar-refractivity contribution >= 4 is 5.69 Å². The normalized spacial score (nSPS) is 10.3. The van der Waals surface area contributed by atoms with Crippen LogP contribution in [0.25, 0.3) is 11.3 Å². The number of rotatable bonds is 2. The molecule has 0 saturated carbocycles. The molecule has 0 amide bonds. The Morgan fingerprint density at radius 3 is 2.28 bits per heavy atom. The van der Waals surface area contributed by atoms with Crippen molar-refractivity contribution in [2.45, 2.75) is 13.8 Å². The molecule has 1 heterocycles. The Kier molecular flexibility index (Phi) is 2.97. The maximum atomic E-state index is 11.5. The predicted octanol–water partition coefficient (Wildman–Crippen LogP) is 2.83. The van der Waals surface area contributed by atoms with E-state index < -0.39 is 10.5 Å². The van der Waals surface area contributed by atoms with Gasteiger partial charge in [-0.1, -0.05) is 0 Å². The third-order valence-electron chi connectivity index (χ3n) is 2.65. The highest BCUT2D eigenvalue weighted by Gasteiger charge is 2.10. The van der Waals surface area contributed by atoms with Crippen LogP contribution in [0.5, 0.6) is 0 Å². The summed E-state index contributed by atoms with van der Waals surface area (Å²) in [7, 11) is 0. The van der Waals surface area contributed by atoms with Crippen molar-refractivity contribution in [2.75, 3.05) is 0 Å². The maximum Gasteiger partial charge on any atom is 0.339 e. The predicted molar refractivity (Wildman–Crippen MR) is 66.5 cm³/mol. The Hall–Kier alpha value is -2.43. The van der Waals surface area contributed by atoms with Crippen molar-refractivity contribution in [3.05, 3.63) is 62.0 Å². The van der Waals surface area contributed by atoms with Gasteiger partial charge >= 0.3 is 5.63 Å². The summed E-state index contributed by atoms with van der Waals surface area (Å²) in [6.07, 6.45) is 0. The molecule has 1 aromatic carbocycles. The van der Waals surface area contributed by atoms with Crippen LogP contribution in [0, 0.1) is 24.0 Å². The van der Waals surface area contributed by atoms with Gasteiger partial charge in [-0.15, -0.1) is 0 Å². The van der Waals surface area contributed by atoms with Crippen LogP contribution >= 0.6 is 0 Å². The van der Waals surface area contributed by atoms with Gasteiger partial charge in [-0.25, -0.2) is 4.79 Å². The Balaban J connectivity index is 2.52. The molecule has 5 heteroatoms. The fraction of sp³-hybridized carbons (Fsp3) is 0.154. The average molecular weight is 245 g/mol. The van der Waals surface area contributed by atoms with Gasteiger partial charge < -0.3 is 4.42 Å². The van der Waals surface area contributed by atoms with Gasteiger partial charge in [-0.05, 0) is 37.6 Å². The lowest BCUT2D eigenvalue weighted by atomic mass is 10.1. The van der Waals surface area contributed by atoms with Gasteiger partial charge in [-0.3, -0.25) is 10.1 Å². The van der Waals surface area contributed by atoms with E-state index in [1.807, 2.05) is 6.92 Å². The number of hydrogen-bond donors (Lipinski definition) is 0. The van der Waals surface area contributed by atoms with Crippen molar-refractivity contribution < 1.29 is 9.34 Å². The molecule has 92 valence electrons. The molecular weight excluding hydrogens is 234 g/mol. The first kappa shape index (κ1) is 12.0. The first-order chi connectivity index (χ1) is 8.49. The third kappa shape index (κ3) is 2.15. The highest BCUT2D eigenvalue weighted by atomic mass is 16.6. The van der Waals surface area contributed by atoms with Gasteiger partial charge in [0.1, 0.15) is 5.76 Å². The number of nitro benzene ring substituents is 1. The van der Waals surface area contributed by atoms with Crippen LogP contribution in [0.2, 0.25) is 0 Å². The van der Waals surface area contributed by atoms with Crippen molar-refractivity contribution in [1.82, 2.24) is 0 Å². The van der Waals surface area contributed by atoms with Gasteiger partial charge in [0.2, 0.25) is 0 Å². The fourth-order valence-corrected chi connectivity index (χ4v) is 1.72. The monoisotopic (exact) mass is 245 g/mol. The quantitative estimate of drug-likeness (QED) is 0.602. The van der Waals surface area contributed by atoms with Gasteiger partial charge in [-0.2, -0.15) is 0 Å². The lowest BCUT2D eigenvalue weighted by Gasteiger charge is -2.04. The molecule has 5 nitrogen and oxygen atoms in total. The Morgan fingerprint density at radius 1 is 1.11 bits per heavy atom. The SMILES string of the molecule is Cc1cc(C)c(=O)oc1-c1ccc([N+](=O)[O-])cc1. The summed E-state index contributed by atoms with van der Waals surface area (Å²) in [6.45, 7) is 3.51. The Labute approximate surface area is 103 Å². The van der Waals surface area contributed by atoms with Crippen LogP contribution in [-0.4, -0.2) is 4.92 Å². The molecule has 0 atom stereocenters. The smallest absolute Gasteiger partial charge is 0.339 e. The van der Waals surface area contributed by atoms with E-state index in [4.69, 9.17) is 4.42 Å². The molecule has 0 aliphatic carbocycles. The molecule has 0 aliphatic rings. The minimum atomic E-state index is -0.470. The largest absolute Gasteiger partial charge is 0.422 e. The van der Waals surface area contributed by atoms with Gasteiger partial charge in [0.15, 0.2) is 0 Å². The van der Waals surface area contributed by atoms with E-state index >= 15 is 0 Å². The molecule has 0 spiro atoms. The van der Waals surface area contributed by atoms with E-state index in [1.54, 1.807) is 25.1 Å². The summed E-state index contributed by atoms with van der Waals surface area (Å²) in [5, 5.41) is 10.5. The molecule has 2 aromatic rings. The molecule has 18 heavy (non-hydrogen) atoms. The summed E-state index contributed by atoms with van der Waals surface area (Å²) in [5.74, 6) is 0.445. The van der Waals surface area contributed by atoms with E-state index in [-0.39, 0.29) is 5.69 Å². The third-order valence-corrected chi connectivity index (χ3v) is 2.65. The first-order valence-electron chi connectivity index (χ1n) is 5.35. The number of nitro groups is 1. The van der Waals surface area contributed by atoms with Gasteiger partial charge in [0.25, 0.3) is 5.69 Å². The number of nitrogens with zero attached hydrogens (tertiary/aromatic N) is 1. The average Bonchev–Trinajstić information content (AvgIpc) is 2.34. The topological polar surface area (TPSA) is 73.3 Å². The van der Waals surface area contributed by atoms with Gasteiger partial charge in [0.05, 0.1) is 4.92 Å². The number of aryl methyl sites for hydroxylation is 2. The molecule has 0 radical (unpaired) electrons.